The summed E-state index contributed by atoms with van der Waals surface area (Å²) >= 11 is 0. The van der Waals surface area contributed by atoms with E-state index in [1.54, 1.807) is 6.08 Å². The molecular formula is C22H19N3O3. The summed E-state index contributed by atoms with van der Waals surface area (Å²) in [4.78, 5) is 12.5. The van der Waals surface area contributed by atoms with E-state index in [1.807, 2.05) is 54.7 Å². The predicted molar refractivity (Wildman–Crippen MR) is 106 cm³/mol. The number of hydrogen-bond donors (Lipinski definition) is 1. The summed E-state index contributed by atoms with van der Waals surface area (Å²) in [6.45, 7) is 3.37. The maximum atomic E-state index is 12.5. The number of amides is 1. The Morgan fingerprint density at radius 3 is 2.89 bits per heavy atom. The summed E-state index contributed by atoms with van der Waals surface area (Å²) in [5.74, 6) is 0.948. The summed E-state index contributed by atoms with van der Waals surface area (Å²) in [5, 5.41) is 13.3. The van der Waals surface area contributed by atoms with Crippen molar-refractivity contribution in [3.8, 4) is 17.6 Å². The van der Waals surface area contributed by atoms with Gasteiger partial charge in [0, 0.05) is 35.8 Å². The van der Waals surface area contributed by atoms with E-state index in [-0.39, 0.29) is 12.4 Å². The summed E-state index contributed by atoms with van der Waals surface area (Å²) < 4.78 is 12.7. The number of carbonyl (C=O) groups is 1. The highest BCUT2D eigenvalue weighted by Crippen LogP contribution is 2.32. The molecule has 28 heavy (non-hydrogen) atoms. The van der Waals surface area contributed by atoms with Crippen LogP contribution in [0.1, 0.15) is 18.1 Å². The fourth-order valence-corrected chi connectivity index (χ4v) is 3.28. The van der Waals surface area contributed by atoms with E-state index in [9.17, 15) is 10.1 Å². The molecule has 6 nitrogen and oxygen atoms in total. The van der Waals surface area contributed by atoms with Gasteiger partial charge in [-0.3, -0.25) is 4.79 Å². The van der Waals surface area contributed by atoms with Crippen molar-refractivity contribution in [1.29, 1.82) is 5.26 Å². The van der Waals surface area contributed by atoms with E-state index in [0.717, 1.165) is 28.6 Å². The van der Waals surface area contributed by atoms with Crippen molar-refractivity contribution in [3.05, 3.63) is 65.4 Å². The van der Waals surface area contributed by atoms with Crippen LogP contribution in [0.25, 0.3) is 17.0 Å². The van der Waals surface area contributed by atoms with E-state index in [2.05, 4.69) is 16.8 Å². The fraction of sp³-hybridized carbons (Fsp3) is 0.182. The number of fused-ring (bicyclic) bond motifs is 2. The van der Waals surface area contributed by atoms with Gasteiger partial charge in [0.2, 0.25) is 6.79 Å². The Labute approximate surface area is 162 Å². The van der Waals surface area contributed by atoms with Crippen LogP contribution in [-0.4, -0.2) is 17.3 Å². The number of aryl methyl sites for hydroxylation is 1. The summed E-state index contributed by atoms with van der Waals surface area (Å²) in [6, 6.07) is 15.5. The Bertz CT molecular complexity index is 1120. The quantitative estimate of drug-likeness (QED) is 0.547. The second-order valence-electron chi connectivity index (χ2n) is 6.43. The molecule has 0 saturated carbocycles. The van der Waals surface area contributed by atoms with Crippen LogP contribution >= 0.6 is 0 Å². The molecule has 4 rings (SSSR count). The minimum absolute atomic E-state index is 0.0692. The largest absolute Gasteiger partial charge is 0.454 e. The van der Waals surface area contributed by atoms with Crippen LogP contribution in [0.2, 0.25) is 0 Å². The molecule has 0 fully saturated rings. The van der Waals surface area contributed by atoms with Gasteiger partial charge in [0.1, 0.15) is 11.6 Å². The van der Waals surface area contributed by atoms with Gasteiger partial charge in [0.25, 0.3) is 5.91 Å². The van der Waals surface area contributed by atoms with E-state index in [4.69, 9.17) is 9.47 Å². The van der Waals surface area contributed by atoms with Gasteiger partial charge in [-0.15, -0.1) is 0 Å². The third-order valence-corrected chi connectivity index (χ3v) is 4.72. The van der Waals surface area contributed by atoms with Crippen LogP contribution in [-0.2, 0) is 17.9 Å². The van der Waals surface area contributed by atoms with Gasteiger partial charge in [0.05, 0.1) is 0 Å². The highest BCUT2D eigenvalue weighted by atomic mass is 16.7. The van der Waals surface area contributed by atoms with E-state index in [1.165, 1.54) is 0 Å². The van der Waals surface area contributed by atoms with Crippen LogP contribution in [0.5, 0.6) is 11.5 Å². The number of nitriles is 1. The van der Waals surface area contributed by atoms with E-state index < -0.39 is 5.91 Å². The standard InChI is InChI=1S/C22H19N3O3/c1-2-25-13-17(18-5-3-4-6-19(18)25)10-16(11-23)22(26)24-12-15-7-8-20-21(9-15)28-14-27-20/h3-10,13H,2,12,14H2,1H3,(H,24,26)/b16-10-. The molecule has 1 amide bonds. The monoisotopic (exact) mass is 373 g/mol. The predicted octanol–water partition coefficient (Wildman–Crippen LogP) is 3.61. The Balaban J connectivity index is 1.54. The van der Waals surface area contributed by atoms with Gasteiger partial charge >= 0.3 is 0 Å². The summed E-state index contributed by atoms with van der Waals surface area (Å²) in [6.07, 6.45) is 3.61. The third kappa shape index (κ3) is 3.30. The number of carbonyl (C=O) groups excluding carboxylic acids is 1. The van der Waals surface area contributed by atoms with E-state index >= 15 is 0 Å². The number of benzene rings is 2. The van der Waals surface area contributed by atoms with Crippen LogP contribution in [0.4, 0.5) is 0 Å². The second kappa shape index (κ2) is 7.49. The first-order valence-corrected chi connectivity index (χ1v) is 9.06. The Morgan fingerprint density at radius 1 is 1.25 bits per heavy atom. The van der Waals surface area contributed by atoms with Gasteiger partial charge in [-0.05, 0) is 36.8 Å². The van der Waals surface area contributed by atoms with Crippen LogP contribution in [0.15, 0.2) is 54.2 Å². The van der Waals surface area contributed by atoms with Crippen LogP contribution in [0, 0.1) is 11.3 Å². The molecule has 0 saturated heterocycles. The molecule has 3 aromatic rings. The van der Waals surface area contributed by atoms with Crippen molar-refractivity contribution in [2.75, 3.05) is 6.79 Å². The number of rotatable bonds is 5. The number of para-hydroxylation sites is 1. The first kappa shape index (κ1) is 17.7. The van der Waals surface area contributed by atoms with Gasteiger partial charge in [0.15, 0.2) is 11.5 Å². The number of hydrogen-bond acceptors (Lipinski definition) is 4. The zero-order chi connectivity index (χ0) is 19.5. The van der Waals surface area contributed by atoms with Crippen molar-refractivity contribution < 1.29 is 14.3 Å². The van der Waals surface area contributed by atoms with Gasteiger partial charge in [-0.25, -0.2) is 0 Å². The molecule has 2 heterocycles. The summed E-state index contributed by atoms with van der Waals surface area (Å²) in [5.41, 5.74) is 2.87. The zero-order valence-corrected chi connectivity index (χ0v) is 15.4. The smallest absolute Gasteiger partial charge is 0.262 e. The second-order valence-corrected chi connectivity index (χ2v) is 6.43. The SMILES string of the molecule is CCn1cc(/C=C(/C#N)C(=O)NCc2ccc3c(c2)OCO3)c2ccccc21. The maximum Gasteiger partial charge on any atom is 0.262 e. The highest BCUT2D eigenvalue weighted by molar-refractivity contribution is 6.04. The lowest BCUT2D eigenvalue weighted by molar-refractivity contribution is -0.117. The Morgan fingerprint density at radius 2 is 2.07 bits per heavy atom. The average Bonchev–Trinajstić information content (AvgIpc) is 3.34. The molecule has 1 aliphatic heterocycles. The molecule has 0 radical (unpaired) electrons. The molecule has 0 bridgehead atoms. The lowest BCUT2D eigenvalue weighted by atomic mass is 10.1. The molecule has 1 N–H and O–H groups in total. The molecule has 1 aromatic heterocycles. The molecular weight excluding hydrogens is 354 g/mol. The lowest BCUT2D eigenvalue weighted by Crippen LogP contribution is -2.23. The molecule has 0 atom stereocenters. The number of nitrogens with zero attached hydrogens (tertiary/aromatic N) is 2. The van der Waals surface area contributed by atoms with Crippen molar-refractivity contribution >= 4 is 22.9 Å². The minimum atomic E-state index is -0.409. The van der Waals surface area contributed by atoms with Gasteiger partial charge in [-0.2, -0.15) is 5.26 Å². The lowest BCUT2D eigenvalue weighted by Gasteiger charge is -2.05. The molecule has 0 aliphatic carbocycles. The molecule has 1 aliphatic rings. The molecule has 0 spiro atoms. The molecule has 0 unspecified atom stereocenters. The van der Waals surface area contributed by atoms with E-state index in [0.29, 0.717) is 18.0 Å². The van der Waals surface area contributed by atoms with Crippen molar-refractivity contribution in [2.45, 2.75) is 20.0 Å². The molecule has 140 valence electrons. The van der Waals surface area contributed by atoms with Gasteiger partial charge in [-0.1, -0.05) is 24.3 Å². The first-order valence-electron chi connectivity index (χ1n) is 9.06. The highest BCUT2D eigenvalue weighted by Gasteiger charge is 2.15. The number of ether oxygens (including phenoxy) is 2. The number of aromatic nitrogens is 1. The topological polar surface area (TPSA) is 76.3 Å². The van der Waals surface area contributed by atoms with Crippen molar-refractivity contribution in [3.63, 3.8) is 0 Å². The Kier molecular flexibility index (Phi) is 4.73. The fourth-order valence-electron chi connectivity index (χ4n) is 3.28. The average molecular weight is 373 g/mol. The zero-order valence-electron chi connectivity index (χ0n) is 15.4. The molecule has 6 heteroatoms. The van der Waals surface area contributed by atoms with Crippen LogP contribution in [0.3, 0.4) is 0 Å². The third-order valence-electron chi connectivity index (χ3n) is 4.72. The van der Waals surface area contributed by atoms with Gasteiger partial charge < -0.3 is 19.4 Å². The van der Waals surface area contributed by atoms with Crippen LogP contribution < -0.4 is 14.8 Å². The number of nitrogens with one attached hydrogen (secondary N) is 1. The minimum Gasteiger partial charge on any atom is -0.454 e. The summed E-state index contributed by atoms with van der Waals surface area (Å²) in [7, 11) is 0. The Hall–Kier alpha value is -3.72. The normalized spacial score (nSPS) is 12.8. The molecule has 2 aromatic carbocycles. The maximum absolute atomic E-state index is 12.5. The van der Waals surface area contributed by atoms with Crippen molar-refractivity contribution in [1.82, 2.24) is 9.88 Å². The first-order chi connectivity index (χ1) is 13.7. The van der Waals surface area contributed by atoms with Crippen molar-refractivity contribution in [2.24, 2.45) is 0 Å².